The van der Waals surface area contributed by atoms with Gasteiger partial charge in [0.05, 0.1) is 5.69 Å². The standard InChI is InChI=1S/C15H21NO.ClH/c1-9-14(16-10(2)17-9)15-6-11-3-12(7-15)5-13(4-11)8-15;/h11-13H,3-8H2,1-2H3;1H. The van der Waals surface area contributed by atoms with E-state index in [2.05, 4.69) is 6.92 Å². The van der Waals surface area contributed by atoms with Crippen molar-refractivity contribution in [2.24, 2.45) is 17.8 Å². The first-order valence-electron chi connectivity index (χ1n) is 7.09. The van der Waals surface area contributed by atoms with Gasteiger partial charge in [0.25, 0.3) is 0 Å². The fourth-order valence-electron chi connectivity index (χ4n) is 5.42. The highest BCUT2D eigenvalue weighted by Crippen LogP contribution is 2.60. The van der Waals surface area contributed by atoms with Crippen LogP contribution in [0.1, 0.15) is 55.9 Å². The molecule has 0 N–H and O–H groups in total. The highest BCUT2D eigenvalue weighted by Gasteiger charge is 2.53. The van der Waals surface area contributed by atoms with Crippen LogP contribution >= 0.6 is 12.4 Å². The Kier molecular flexibility index (Phi) is 2.78. The number of hydrogen-bond donors (Lipinski definition) is 0. The fourth-order valence-corrected chi connectivity index (χ4v) is 5.42. The lowest BCUT2D eigenvalue weighted by Gasteiger charge is -2.56. The van der Waals surface area contributed by atoms with Gasteiger partial charge in [-0.25, -0.2) is 4.98 Å². The second-order valence-electron chi connectivity index (χ2n) is 6.84. The third-order valence-corrected chi connectivity index (χ3v) is 5.44. The van der Waals surface area contributed by atoms with Crippen LogP contribution in [0.15, 0.2) is 4.42 Å². The van der Waals surface area contributed by atoms with Gasteiger partial charge in [-0.3, -0.25) is 0 Å². The molecule has 0 unspecified atom stereocenters. The Morgan fingerprint density at radius 1 is 1.00 bits per heavy atom. The Labute approximate surface area is 115 Å². The summed E-state index contributed by atoms with van der Waals surface area (Å²) in [4.78, 5) is 4.73. The molecule has 4 saturated carbocycles. The number of rotatable bonds is 1. The lowest BCUT2D eigenvalue weighted by atomic mass is 9.48. The average molecular weight is 268 g/mol. The van der Waals surface area contributed by atoms with Gasteiger partial charge in [0.15, 0.2) is 5.89 Å². The molecule has 5 rings (SSSR count). The van der Waals surface area contributed by atoms with Crippen molar-refractivity contribution in [2.75, 3.05) is 0 Å². The number of halogens is 1. The zero-order valence-corrected chi connectivity index (χ0v) is 12.1. The molecule has 100 valence electrons. The van der Waals surface area contributed by atoms with E-state index in [4.69, 9.17) is 9.40 Å². The minimum absolute atomic E-state index is 0. The van der Waals surface area contributed by atoms with Crippen LogP contribution in [-0.2, 0) is 5.41 Å². The summed E-state index contributed by atoms with van der Waals surface area (Å²) in [5.41, 5.74) is 1.71. The Hall–Kier alpha value is -0.500. The molecule has 0 spiro atoms. The Morgan fingerprint density at radius 3 is 1.89 bits per heavy atom. The average Bonchev–Trinajstić information content (AvgIpc) is 2.56. The normalized spacial score (nSPS) is 40.9. The van der Waals surface area contributed by atoms with Gasteiger partial charge < -0.3 is 4.42 Å². The van der Waals surface area contributed by atoms with Crippen LogP contribution in [0.4, 0.5) is 0 Å². The van der Waals surface area contributed by atoms with E-state index in [1.807, 2.05) is 6.92 Å². The summed E-state index contributed by atoms with van der Waals surface area (Å²) in [7, 11) is 0. The fraction of sp³-hybridized carbons (Fsp3) is 0.800. The second kappa shape index (κ2) is 4.00. The summed E-state index contributed by atoms with van der Waals surface area (Å²) in [6.45, 7) is 4.09. The van der Waals surface area contributed by atoms with Crippen molar-refractivity contribution < 1.29 is 4.42 Å². The van der Waals surface area contributed by atoms with Crippen LogP contribution in [0.3, 0.4) is 0 Å². The summed E-state index contributed by atoms with van der Waals surface area (Å²) < 4.78 is 5.69. The molecular formula is C15H22ClNO. The second-order valence-corrected chi connectivity index (χ2v) is 6.84. The zero-order valence-electron chi connectivity index (χ0n) is 11.2. The predicted octanol–water partition coefficient (Wildman–Crippen LogP) is 4.18. The van der Waals surface area contributed by atoms with E-state index in [-0.39, 0.29) is 12.4 Å². The predicted molar refractivity (Wildman–Crippen MR) is 73.1 cm³/mol. The molecule has 1 aromatic heterocycles. The molecule has 1 heterocycles. The molecule has 0 atom stereocenters. The van der Waals surface area contributed by atoms with Gasteiger partial charge in [-0.2, -0.15) is 0 Å². The number of aryl methyl sites for hydroxylation is 2. The quantitative estimate of drug-likeness (QED) is 0.763. The first-order chi connectivity index (χ1) is 8.14. The van der Waals surface area contributed by atoms with E-state index in [0.717, 1.165) is 29.4 Å². The van der Waals surface area contributed by atoms with Gasteiger partial charge in [-0.1, -0.05) is 0 Å². The summed E-state index contributed by atoms with van der Waals surface area (Å²) >= 11 is 0. The van der Waals surface area contributed by atoms with Crippen LogP contribution in [0.2, 0.25) is 0 Å². The highest BCUT2D eigenvalue weighted by atomic mass is 35.5. The molecule has 4 fully saturated rings. The van der Waals surface area contributed by atoms with Gasteiger partial charge in [0, 0.05) is 12.3 Å². The highest BCUT2D eigenvalue weighted by molar-refractivity contribution is 5.85. The van der Waals surface area contributed by atoms with Crippen molar-refractivity contribution >= 4 is 12.4 Å². The lowest BCUT2D eigenvalue weighted by molar-refractivity contribution is -0.00761. The molecule has 2 nitrogen and oxygen atoms in total. The van der Waals surface area contributed by atoms with Gasteiger partial charge in [-0.05, 0) is 63.2 Å². The first kappa shape index (κ1) is 12.5. The largest absolute Gasteiger partial charge is 0.446 e. The van der Waals surface area contributed by atoms with E-state index >= 15 is 0 Å². The van der Waals surface area contributed by atoms with Gasteiger partial charge in [0.1, 0.15) is 5.76 Å². The maximum absolute atomic E-state index is 5.69. The molecule has 4 bridgehead atoms. The topological polar surface area (TPSA) is 26.0 Å². The third kappa shape index (κ3) is 1.65. The van der Waals surface area contributed by atoms with Crippen molar-refractivity contribution in [3.63, 3.8) is 0 Å². The van der Waals surface area contributed by atoms with Crippen molar-refractivity contribution in [3.05, 3.63) is 17.3 Å². The summed E-state index contributed by atoms with van der Waals surface area (Å²) in [6, 6.07) is 0. The van der Waals surface area contributed by atoms with Crippen LogP contribution in [0.5, 0.6) is 0 Å². The number of hydrogen-bond acceptors (Lipinski definition) is 2. The van der Waals surface area contributed by atoms with Gasteiger partial charge >= 0.3 is 0 Å². The van der Waals surface area contributed by atoms with E-state index in [0.29, 0.717) is 5.41 Å². The Balaban J connectivity index is 0.000001000. The molecule has 4 aliphatic carbocycles. The van der Waals surface area contributed by atoms with E-state index in [1.54, 1.807) is 0 Å². The van der Waals surface area contributed by atoms with Crippen LogP contribution < -0.4 is 0 Å². The third-order valence-electron chi connectivity index (χ3n) is 5.44. The molecule has 0 saturated heterocycles. The molecule has 1 aromatic rings. The molecule has 0 aliphatic heterocycles. The lowest BCUT2D eigenvalue weighted by Crippen LogP contribution is -2.49. The molecule has 3 heteroatoms. The summed E-state index contributed by atoms with van der Waals surface area (Å²) in [6.07, 6.45) is 8.63. The van der Waals surface area contributed by atoms with Crippen molar-refractivity contribution in [1.82, 2.24) is 4.98 Å². The minimum Gasteiger partial charge on any atom is -0.446 e. The van der Waals surface area contributed by atoms with E-state index < -0.39 is 0 Å². The smallest absolute Gasteiger partial charge is 0.191 e. The maximum Gasteiger partial charge on any atom is 0.191 e. The molecule has 18 heavy (non-hydrogen) atoms. The van der Waals surface area contributed by atoms with Crippen LogP contribution in [-0.4, -0.2) is 4.98 Å². The van der Waals surface area contributed by atoms with E-state index in [9.17, 15) is 0 Å². The summed E-state index contributed by atoms with van der Waals surface area (Å²) in [5, 5.41) is 0. The van der Waals surface area contributed by atoms with Crippen molar-refractivity contribution in [1.29, 1.82) is 0 Å². The Morgan fingerprint density at radius 2 is 1.50 bits per heavy atom. The SMILES string of the molecule is Cc1nc(C23CC4CC(CC(C4)C2)C3)c(C)o1.Cl. The maximum atomic E-state index is 5.69. The minimum atomic E-state index is 0. The zero-order chi connectivity index (χ0) is 11.6. The molecule has 0 amide bonds. The summed E-state index contributed by atoms with van der Waals surface area (Å²) in [5.74, 6) is 4.89. The molecule has 0 aromatic carbocycles. The van der Waals surface area contributed by atoms with Crippen LogP contribution in [0, 0.1) is 31.6 Å². The molecule has 4 aliphatic rings. The van der Waals surface area contributed by atoms with Crippen molar-refractivity contribution in [3.8, 4) is 0 Å². The van der Waals surface area contributed by atoms with Gasteiger partial charge in [-0.15, -0.1) is 12.4 Å². The monoisotopic (exact) mass is 267 g/mol. The first-order valence-corrected chi connectivity index (χ1v) is 7.09. The van der Waals surface area contributed by atoms with Crippen molar-refractivity contribution in [2.45, 2.75) is 57.8 Å². The number of oxazole rings is 1. The number of aromatic nitrogens is 1. The van der Waals surface area contributed by atoms with E-state index in [1.165, 1.54) is 44.2 Å². The number of nitrogens with zero attached hydrogens (tertiary/aromatic N) is 1. The Bertz CT molecular complexity index is 430. The van der Waals surface area contributed by atoms with Gasteiger partial charge in [0.2, 0.25) is 0 Å². The molecular weight excluding hydrogens is 246 g/mol. The molecule has 0 radical (unpaired) electrons. The van der Waals surface area contributed by atoms with Crippen LogP contribution in [0.25, 0.3) is 0 Å².